The van der Waals surface area contributed by atoms with Gasteiger partial charge in [0.05, 0.1) is 4.90 Å². The molecule has 1 aliphatic rings. The molecule has 2 aromatic rings. The summed E-state index contributed by atoms with van der Waals surface area (Å²) >= 11 is 6.10. The predicted octanol–water partition coefficient (Wildman–Crippen LogP) is 3.36. The zero-order valence-corrected chi connectivity index (χ0v) is 17.9. The highest BCUT2D eigenvalue weighted by atomic mass is 35.5. The average molecular weight is 439 g/mol. The van der Waals surface area contributed by atoms with Crippen LogP contribution in [0.4, 0.5) is 5.69 Å². The van der Waals surface area contributed by atoms with Gasteiger partial charge in [-0.25, -0.2) is 8.42 Å². The van der Waals surface area contributed by atoms with Gasteiger partial charge in [-0.2, -0.15) is 4.72 Å². The molecule has 29 heavy (non-hydrogen) atoms. The van der Waals surface area contributed by atoms with Crippen molar-refractivity contribution in [3.63, 3.8) is 0 Å². The Morgan fingerprint density at radius 1 is 1.10 bits per heavy atom. The van der Waals surface area contributed by atoms with Gasteiger partial charge < -0.3 is 14.8 Å². The quantitative estimate of drug-likeness (QED) is 0.721. The van der Waals surface area contributed by atoms with E-state index >= 15 is 0 Å². The molecule has 9 heteroatoms. The summed E-state index contributed by atoms with van der Waals surface area (Å²) in [6.45, 7) is 6.07. The summed E-state index contributed by atoms with van der Waals surface area (Å²) in [6, 6.07) is 8.53. The van der Waals surface area contributed by atoms with Crippen molar-refractivity contribution in [2.45, 2.75) is 31.7 Å². The highest BCUT2D eigenvalue weighted by Crippen LogP contribution is 2.32. The van der Waals surface area contributed by atoms with E-state index in [2.05, 4.69) is 10.0 Å². The van der Waals surface area contributed by atoms with Crippen LogP contribution < -0.4 is 19.5 Å². The Kier molecular flexibility index (Phi) is 6.36. The fourth-order valence-corrected chi connectivity index (χ4v) is 4.41. The number of amides is 1. The molecule has 0 radical (unpaired) electrons. The van der Waals surface area contributed by atoms with E-state index in [-0.39, 0.29) is 10.8 Å². The molecule has 0 fully saturated rings. The lowest BCUT2D eigenvalue weighted by Crippen LogP contribution is -2.47. The smallest absolute Gasteiger partial charge is 0.242 e. The third-order valence-electron chi connectivity index (χ3n) is 4.58. The van der Waals surface area contributed by atoms with Crippen molar-refractivity contribution in [2.24, 2.45) is 5.92 Å². The molecule has 156 valence electrons. The Bertz CT molecular complexity index is 1020. The minimum atomic E-state index is -3.97. The summed E-state index contributed by atoms with van der Waals surface area (Å²) in [7, 11) is -3.97. The summed E-state index contributed by atoms with van der Waals surface area (Å²) in [5, 5.41) is 3.28. The van der Waals surface area contributed by atoms with Crippen LogP contribution in [0.25, 0.3) is 0 Å². The summed E-state index contributed by atoms with van der Waals surface area (Å²) in [6.07, 6.45) is 0. The van der Waals surface area contributed by atoms with Gasteiger partial charge in [0.2, 0.25) is 15.9 Å². The van der Waals surface area contributed by atoms with Crippen molar-refractivity contribution in [3.05, 3.63) is 47.0 Å². The lowest BCUT2D eigenvalue weighted by Gasteiger charge is -2.23. The van der Waals surface area contributed by atoms with E-state index in [1.165, 1.54) is 12.1 Å². The first-order valence-electron chi connectivity index (χ1n) is 9.17. The van der Waals surface area contributed by atoms with Crippen molar-refractivity contribution in [1.29, 1.82) is 0 Å². The highest BCUT2D eigenvalue weighted by Gasteiger charge is 2.29. The Hall–Kier alpha value is -2.29. The topological polar surface area (TPSA) is 93.7 Å². The second-order valence-electron chi connectivity index (χ2n) is 7.05. The standard InChI is InChI=1S/C20H23ClN2O5S/c1-12(2)19(20(24)22-16-6-4-5-15(21)13(16)3)23-29(25,26)14-7-8-17-18(11-14)28-10-9-27-17/h4-8,11-12,19,23H,9-10H2,1-3H3,(H,22,24)/t19-/m0/s1. The van der Waals surface area contributed by atoms with Gasteiger partial charge in [0.15, 0.2) is 11.5 Å². The van der Waals surface area contributed by atoms with Gasteiger partial charge >= 0.3 is 0 Å². The molecule has 0 aliphatic carbocycles. The van der Waals surface area contributed by atoms with Gasteiger partial charge in [0.25, 0.3) is 0 Å². The first kappa shape index (κ1) is 21.4. The van der Waals surface area contributed by atoms with Crippen LogP contribution in [0.2, 0.25) is 5.02 Å². The minimum absolute atomic E-state index is 0.000800. The third-order valence-corrected chi connectivity index (χ3v) is 6.43. The molecule has 0 saturated heterocycles. The number of sulfonamides is 1. The van der Waals surface area contributed by atoms with E-state index < -0.39 is 22.0 Å². The number of ether oxygens (including phenoxy) is 2. The van der Waals surface area contributed by atoms with Gasteiger partial charge in [0, 0.05) is 16.8 Å². The molecule has 2 aromatic carbocycles. The Labute approximate surface area is 175 Å². The van der Waals surface area contributed by atoms with Crippen LogP contribution in [0.1, 0.15) is 19.4 Å². The third kappa shape index (κ3) is 4.83. The molecule has 0 saturated carbocycles. The van der Waals surface area contributed by atoms with Gasteiger partial charge in [-0.3, -0.25) is 4.79 Å². The molecule has 1 aliphatic heterocycles. The number of benzene rings is 2. The lowest BCUT2D eigenvalue weighted by molar-refractivity contribution is -0.118. The molecule has 0 bridgehead atoms. The SMILES string of the molecule is Cc1c(Cl)cccc1NC(=O)[C@@H](NS(=O)(=O)c1ccc2c(c1)OCCO2)C(C)C. The summed E-state index contributed by atoms with van der Waals surface area (Å²) in [5.41, 5.74) is 1.24. The summed E-state index contributed by atoms with van der Waals surface area (Å²) < 4.78 is 39.2. The zero-order chi connectivity index (χ0) is 21.2. The van der Waals surface area contributed by atoms with Crippen molar-refractivity contribution in [1.82, 2.24) is 4.72 Å². The van der Waals surface area contributed by atoms with E-state index in [4.69, 9.17) is 21.1 Å². The number of fused-ring (bicyclic) bond motifs is 1. The molecule has 0 unspecified atom stereocenters. The van der Waals surface area contributed by atoms with Crippen LogP contribution in [0.15, 0.2) is 41.3 Å². The van der Waals surface area contributed by atoms with Crippen molar-refractivity contribution in [2.75, 3.05) is 18.5 Å². The van der Waals surface area contributed by atoms with Gasteiger partial charge in [-0.05, 0) is 42.7 Å². The zero-order valence-electron chi connectivity index (χ0n) is 16.4. The Morgan fingerprint density at radius 3 is 2.48 bits per heavy atom. The van der Waals surface area contributed by atoms with Crippen LogP contribution in [-0.4, -0.2) is 33.6 Å². The van der Waals surface area contributed by atoms with Crippen molar-refractivity contribution in [3.8, 4) is 11.5 Å². The molecule has 1 amide bonds. The van der Waals surface area contributed by atoms with E-state index in [9.17, 15) is 13.2 Å². The predicted molar refractivity (Wildman–Crippen MR) is 111 cm³/mol. The molecular formula is C20H23ClN2O5S. The van der Waals surface area contributed by atoms with Gasteiger partial charge in [-0.1, -0.05) is 31.5 Å². The normalized spacial score (nSPS) is 14.5. The van der Waals surface area contributed by atoms with Crippen LogP contribution in [0.5, 0.6) is 11.5 Å². The Morgan fingerprint density at radius 2 is 1.79 bits per heavy atom. The molecule has 2 N–H and O–H groups in total. The second-order valence-corrected chi connectivity index (χ2v) is 9.17. The van der Waals surface area contributed by atoms with Crippen molar-refractivity contribution < 1.29 is 22.7 Å². The fourth-order valence-electron chi connectivity index (χ4n) is 2.87. The molecular weight excluding hydrogens is 416 g/mol. The Balaban J connectivity index is 1.82. The number of nitrogens with one attached hydrogen (secondary N) is 2. The first-order valence-corrected chi connectivity index (χ1v) is 11.0. The second kappa shape index (κ2) is 8.61. The first-order chi connectivity index (χ1) is 13.7. The van der Waals surface area contributed by atoms with Crippen LogP contribution in [-0.2, 0) is 14.8 Å². The van der Waals surface area contributed by atoms with Crippen molar-refractivity contribution >= 4 is 33.2 Å². The molecule has 1 atom stereocenters. The van der Waals surface area contributed by atoms with Crippen LogP contribution in [0, 0.1) is 12.8 Å². The van der Waals surface area contributed by atoms with E-state index in [1.807, 2.05) is 0 Å². The van der Waals surface area contributed by atoms with E-state index in [0.717, 1.165) is 0 Å². The summed E-state index contributed by atoms with van der Waals surface area (Å²) in [4.78, 5) is 12.8. The number of halogens is 1. The number of hydrogen-bond acceptors (Lipinski definition) is 5. The van der Waals surface area contributed by atoms with E-state index in [1.54, 1.807) is 45.0 Å². The lowest BCUT2D eigenvalue weighted by atomic mass is 10.0. The van der Waals surface area contributed by atoms with E-state index in [0.29, 0.717) is 41.0 Å². The minimum Gasteiger partial charge on any atom is -0.486 e. The van der Waals surface area contributed by atoms with Gasteiger partial charge in [-0.15, -0.1) is 0 Å². The largest absolute Gasteiger partial charge is 0.486 e. The maximum absolute atomic E-state index is 12.9. The number of carbonyl (C=O) groups is 1. The van der Waals surface area contributed by atoms with Crippen LogP contribution >= 0.6 is 11.6 Å². The molecule has 0 aromatic heterocycles. The fraction of sp³-hybridized carbons (Fsp3) is 0.350. The number of rotatable bonds is 6. The average Bonchev–Trinajstić information content (AvgIpc) is 2.69. The number of hydrogen-bond donors (Lipinski definition) is 2. The number of anilines is 1. The molecule has 0 spiro atoms. The highest BCUT2D eigenvalue weighted by molar-refractivity contribution is 7.89. The van der Waals surface area contributed by atoms with Crippen LogP contribution in [0.3, 0.4) is 0 Å². The molecule has 7 nitrogen and oxygen atoms in total. The van der Waals surface area contributed by atoms with Gasteiger partial charge in [0.1, 0.15) is 19.3 Å². The summed E-state index contributed by atoms with van der Waals surface area (Å²) in [5.74, 6) is 0.0944. The maximum atomic E-state index is 12.9. The number of carbonyl (C=O) groups excluding carboxylic acids is 1. The molecule has 3 rings (SSSR count). The maximum Gasteiger partial charge on any atom is 0.242 e. The molecule has 1 heterocycles. The monoisotopic (exact) mass is 438 g/mol.